The van der Waals surface area contributed by atoms with Crippen molar-refractivity contribution in [3.8, 4) is 27.8 Å². The smallest absolute Gasteiger partial charge is 0.277 e. The highest BCUT2D eigenvalue weighted by atomic mass is 32.2. The summed E-state index contributed by atoms with van der Waals surface area (Å²) >= 11 is 4.17. The third kappa shape index (κ3) is 4.24. The Morgan fingerprint density at radius 3 is 2.93 bits per heavy atom. The Morgan fingerprint density at radius 2 is 2.11 bits per heavy atom. The van der Waals surface area contributed by atoms with Crippen LogP contribution in [-0.4, -0.2) is 34.0 Å². The molecule has 4 aromatic rings. The number of anilines is 1. The number of amides is 1. The second-order valence-electron chi connectivity index (χ2n) is 5.43. The zero-order valence-corrected chi connectivity index (χ0v) is 17.1. The van der Waals surface area contributed by atoms with Gasteiger partial charge in [0, 0.05) is 5.38 Å². The maximum atomic E-state index is 12.2. The van der Waals surface area contributed by atoms with Crippen LogP contribution in [0.15, 0.2) is 56.8 Å². The number of nitrogens with one attached hydrogen (secondary N) is 1. The Morgan fingerprint density at radius 1 is 1.21 bits per heavy atom. The molecule has 1 amide bonds. The minimum atomic E-state index is -0.186. The highest BCUT2D eigenvalue weighted by Gasteiger charge is 2.15. The molecule has 3 heterocycles. The molecule has 1 N–H and O–H groups in total. The number of hydrogen-bond donors (Lipinski definition) is 1. The molecule has 4 rings (SSSR count). The largest absolute Gasteiger partial charge is 0.496 e. The lowest BCUT2D eigenvalue weighted by molar-refractivity contribution is -0.113. The fourth-order valence-corrected chi connectivity index (χ4v) is 4.40. The maximum Gasteiger partial charge on any atom is 0.277 e. The van der Waals surface area contributed by atoms with Gasteiger partial charge in [0.15, 0.2) is 5.13 Å². The minimum Gasteiger partial charge on any atom is -0.496 e. The van der Waals surface area contributed by atoms with E-state index in [1.54, 1.807) is 18.4 Å². The molecule has 10 heteroatoms. The van der Waals surface area contributed by atoms with E-state index in [0.29, 0.717) is 27.6 Å². The molecule has 142 valence electrons. The summed E-state index contributed by atoms with van der Waals surface area (Å²) in [7, 11) is 1.58. The van der Waals surface area contributed by atoms with Gasteiger partial charge in [-0.3, -0.25) is 4.79 Å². The first kappa shape index (κ1) is 18.7. The molecule has 0 aliphatic carbocycles. The lowest BCUT2D eigenvalue weighted by Crippen LogP contribution is -2.13. The number of thioether (sulfide) groups is 1. The molecule has 0 saturated carbocycles. The normalized spacial score (nSPS) is 10.8. The molecule has 1 aromatic carbocycles. The van der Waals surface area contributed by atoms with Crippen LogP contribution in [0.3, 0.4) is 0 Å². The lowest BCUT2D eigenvalue weighted by Gasteiger charge is -2.03. The van der Waals surface area contributed by atoms with E-state index in [1.165, 1.54) is 23.1 Å². The lowest BCUT2D eigenvalue weighted by atomic mass is 10.2. The summed E-state index contributed by atoms with van der Waals surface area (Å²) in [5, 5.41) is 15.6. The minimum absolute atomic E-state index is 0.140. The van der Waals surface area contributed by atoms with Crippen molar-refractivity contribution in [3.05, 3.63) is 47.2 Å². The topological polar surface area (TPSA) is 90.1 Å². The molecular weight excluding hydrogens is 416 g/mol. The monoisotopic (exact) mass is 430 g/mol. The van der Waals surface area contributed by atoms with Crippen molar-refractivity contribution in [1.29, 1.82) is 0 Å². The Bertz CT molecular complexity index is 1080. The highest BCUT2D eigenvalue weighted by molar-refractivity contribution is 7.99. The van der Waals surface area contributed by atoms with Gasteiger partial charge >= 0.3 is 0 Å². The fourth-order valence-electron chi connectivity index (χ4n) is 2.35. The Kier molecular flexibility index (Phi) is 5.70. The van der Waals surface area contributed by atoms with Crippen molar-refractivity contribution in [2.24, 2.45) is 0 Å². The third-order valence-corrected chi connectivity index (χ3v) is 6.06. The molecule has 0 aliphatic rings. The number of thiophene rings is 1. The van der Waals surface area contributed by atoms with E-state index < -0.39 is 0 Å². The Labute approximate surface area is 172 Å². The molecule has 0 aliphatic heterocycles. The maximum absolute atomic E-state index is 12.2. The number of carbonyl (C=O) groups excluding carboxylic acids is 1. The van der Waals surface area contributed by atoms with E-state index in [9.17, 15) is 4.79 Å². The molecule has 0 bridgehead atoms. The van der Waals surface area contributed by atoms with Gasteiger partial charge in [-0.05, 0) is 23.6 Å². The number of benzene rings is 1. The molecule has 3 aromatic heterocycles. The number of carbonyl (C=O) groups is 1. The second-order valence-corrected chi connectivity index (χ2v) is 8.16. The van der Waals surface area contributed by atoms with Crippen molar-refractivity contribution in [3.63, 3.8) is 0 Å². The van der Waals surface area contributed by atoms with E-state index in [-0.39, 0.29) is 11.7 Å². The van der Waals surface area contributed by atoms with Crippen LogP contribution in [0.5, 0.6) is 5.75 Å². The predicted molar refractivity (Wildman–Crippen MR) is 111 cm³/mol. The molecule has 0 fully saturated rings. The average molecular weight is 431 g/mol. The van der Waals surface area contributed by atoms with Crippen molar-refractivity contribution < 1.29 is 13.9 Å². The summed E-state index contributed by atoms with van der Waals surface area (Å²) in [6.45, 7) is 0. The van der Waals surface area contributed by atoms with Crippen molar-refractivity contribution in [1.82, 2.24) is 15.2 Å². The molecule has 0 unspecified atom stereocenters. The van der Waals surface area contributed by atoms with Gasteiger partial charge in [0.25, 0.3) is 11.1 Å². The number of thiazole rings is 1. The van der Waals surface area contributed by atoms with Crippen LogP contribution in [0.4, 0.5) is 5.13 Å². The Balaban J connectivity index is 1.35. The van der Waals surface area contributed by atoms with Crippen molar-refractivity contribution >= 4 is 45.5 Å². The van der Waals surface area contributed by atoms with Crippen LogP contribution < -0.4 is 10.1 Å². The third-order valence-electron chi connectivity index (χ3n) is 3.59. The molecule has 7 nitrogen and oxygen atoms in total. The second kappa shape index (κ2) is 8.55. The van der Waals surface area contributed by atoms with Gasteiger partial charge in [-0.25, -0.2) is 4.98 Å². The predicted octanol–water partition coefficient (Wildman–Crippen LogP) is 4.66. The van der Waals surface area contributed by atoms with E-state index in [1.807, 2.05) is 47.2 Å². The summed E-state index contributed by atoms with van der Waals surface area (Å²) in [6, 6.07) is 11.3. The summed E-state index contributed by atoms with van der Waals surface area (Å²) in [6.07, 6.45) is 0. The van der Waals surface area contributed by atoms with Crippen molar-refractivity contribution in [2.45, 2.75) is 5.22 Å². The van der Waals surface area contributed by atoms with Gasteiger partial charge in [-0.2, -0.15) is 0 Å². The molecule has 0 atom stereocenters. The zero-order chi connectivity index (χ0) is 19.3. The number of methoxy groups -OCH3 is 1. The Hall–Kier alpha value is -2.69. The van der Waals surface area contributed by atoms with E-state index in [4.69, 9.17) is 9.15 Å². The number of para-hydroxylation sites is 1. The first-order valence-electron chi connectivity index (χ1n) is 8.12. The van der Waals surface area contributed by atoms with Crippen molar-refractivity contribution in [2.75, 3.05) is 18.2 Å². The number of hydrogen-bond acceptors (Lipinski definition) is 9. The van der Waals surface area contributed by atoms with Crippen LogP contribution in [-0.2, 0) is 4.79 Å². The first-order chi connectivity index (χ1) is 13.7. The van der Waals surface area contributed by atoms with Crippen LogP contribution >= 0.6 is 34.4 Å². The standard InChI is InChI=1S/C18H14N4O3S3/c1-24-13-6-3-2-5-11(13)16-21-22-18(25-16)28-10-15(23)20-17-19-12(9-27-17)14-7-4-8-26-14/h2-9H,10H2,1H3,(H,19,20,23). The number of rotatable bonds is 7. The number of nitrogens with zero attached hydrogens (tertiary/aromatic N) is 3. The average Bonchev–Trinajstić information content (AvgIpc) is 3.47. The fraction of sp³-hybridized carbons (Fsp3) is 0.111. The van der Waals surface area contributed by atoms with E-state index in [0.717, 1.165) is 10.6 Å². The van der Waals surface area contributed by atoms with E-state index in [2.05, 4.69) is 20.5 Å². The molecule has 0 spiro atoms. The van der Waals surface area contributed by atoms with E-state index >= 15 is 0 Å². The van der Waals surface area contributed by atoms with Crippen LogP contribution in [0.1, 0.15) is 0 Å². The van der Waals surface area contributed by atoms with Crippen LogP contribution in [0.25, 0.3) is 22.0 Å². The summed E-state index contributed by atoms with van der Waals surface area (Å²) in [4.78, 5) is 17.7. The molecule has 0 radical (unpaired) electrons. The molecule has 0 saturated heterocycles. The van der Waals surface area contributed by atoms with Gasteiger partial charge in [-0.15, -0.1) is 32.9 Å². The summed E-state index contributed by atoms with van der Waals surface area (Å²) < 4.78 is 10.9. The summed E-state index contributed by atoms with van der Waals surface area (Å²) in [5.41, 5.74) is 1.57. The van der Waals surface area contributed by atoms with Gasteiger partial charge < -0.3 is 14.5 Å². The summed E-state index contributed by atoms with van der Waals surface area (Å²) in [5.74, 6) is 0.947. The zero-order valence-electron chi connectivity index (χ0n) is 14.6. The quantitative estimate of drug-likeness (QED) is 0.426. The highest BCUT2D eigenvalue weighted by Crippen LogP contribution is 2.31. The molecule has 28 heavy (non-hydrogen) atoms. The molecular formula is C18H14N4O3S3. The van der Waals surface area contributed by atoms with Gasteiger partial charge in [0.05, 0.1) is 29.0 Å². The van der Waals surface area contributed by atoms with Gasteiger partial charge in [-0.1, -0.05) is 30.0 Å². The van der Waals surface area contributed by atoms with Gasteiger partial charge in [0.1, 0.15) is 5.75 Å². The van der Waals surface area contributed by atoms with Gasteiger partial charge in [0.2, 0.25) is 5.91 Å². The number of ether oxygens (including phenoxy) is 1. The SMILES string of the molecule is COc1ccccc1-c1nnc(SCC(=O)Nc2nc(-c3cccs3)cs2)o1. The number of aromatic nitrogens is 3. The van der Waals surface area contributed by atoms with Crippen LogP contribution in [0, 0.1) is 0 Å². The van der Waals surface area contributed by atoms with Crippen LogP contribution in [0.2, 0.25) is 0 Å². The first-order valence-corrected chi connectivity index (χ1v) is 10.9.